The zero-order valence-corrected chi connectivity index (χ0v) is 12.3. The van der Waals surface area contributed by atoms with Gasteiger partial charge in [0.2, 0.25) is 5.88 Å². The molecule has 1 saturated heterocycles. The van der Waals surface area contributed by atoms with Gasteiger partial charge in [-0.2, -0.15) is 0 Å². The third-order valence-corrected chi connectivity index (χ3v) is 3.55. The first-order chi connectivity index (χ1) is 9.67. The average molecular weight is 279 g/mol. The van der Waals surface area contributed by atoms with E-state index in [1.54, 1.807) is 7.11 Å². The van der Waals surface area contributed by atoms with E-state index in [-0.39, 0.29) is 11.9 Å². The minimum Gasteiger partial charge on any atom is -0.481 e. The van der Waals surface area contributed by atoms with Crippen LogP contribution in [0.2, 0.25) is 0 Å². The van der Waals surface area contributed by atoms with Gasteiger partial charge in [0.05, 0.1) is 25.2 Å². The van der Waals surface area contributed by atoms with Crippen molar-refractivity contribution in [2.24, 2.45) is 5.92 Å². The van der Waals surface area contributed by atoms with Crippen LogP contribution in [0, 0.1) is 12.8 Å². The molecular weight excluding hydrogens is 258 g/mol. The first kappa shape index (κ1) is 14.6. The number of anilines is 1. The van der Waals surface area contributed by atoms with Gasteiger partial charge in [-0.3, -0.25) is 4.79 Å². The van der Waals surface area contributed by atoms with Crippen molar-refractivity contribution < 1.29 is 14.3 Å². The van der Waals surface area contributed by atoms with Crippen molar-refractivity contribution in [3.05, 3.63) is 11.9 Å². The van der Waals surface area contributed by atoms with Gasteiger partial charge in [0.25, 0.3) is 0 Å². The van der Waals surface area contributed by atoms with Crippen LogP contribution in [0.4, 0.5) is 5.82 Å². The maximum absolute atomic E-state index is 11.9. The van der Waals surface area contributed by atoms with Gasteiger partial charge in [-0.1, -0.05) is 0 Å². The van der Waals surface area contributed by atoms with E-state index in [0.717, 1.165) is 30.8 Å². The molecule has 2 heterocycles. The van der Waals surface area contributed by atoms with Gasteiger partial charge in [0, 0.05) is 13.1 Å². The normalized spacial score (nSPS) is 18.8. The third kappa shape index (κ3) is 3.00. The van der Waals surface area contributed by atoms with Crippen molar-refractivity contribution >= 4 is 11.8 Å². The summed E-state index contributed by atoms with van der Waals surface area (Å²) in [6.07, 6.45) is 3.32. The summed E-state index contributed by atoms with van der Waals surface area (Å²) in [5, 5.41) is 0. The molecule has 1 unspecified atom stereocenters. The number of hydrogen-bond acceptors (Lipinski definition) is 6. The summed E-state index contributed by atoms with van der Waals surface area (Å²) in [5.41, 5.74) is 0.902. The molecule has 1 aliphatic rings. The molecule has 20 heavy (non-hydrogen) atoms. The van der Waals surface area contributed by atoms with Crippen LogP contribution in [0.25, 0.3) is 0 Å². The number of nitrogens with zero attached hydrogens (tertiary/aromatic N) is 3. The summed E-state index contributed by atoms with van der Waals surface area (Å²) < 4.78 is 10.3. The second kappa shape index (κ2) is 6.54. The fourth-order valence-electron chi connectivity index (χ4n) is 2.57. The van der Waals surface area contributed by atoms with Crippen LogP contribution < -0.4 is 9.64 Å². The Morgan fingerprint density at radius 2 is 2.30 bits per heavy atom. The molecule has 1 atom stereocenters. The quantitative estimate of drug-likeness (QED) is 0.780. The van der Waals surface area contributed by atoms with Gasteiger partial charge in [0.15, 0.2) is 0 Å². The van der Waals surface area contributed by atoms with E-state index in [1.807, 2.05) is 13.8 Å². The van der Waals surface area contributed by atoms with E-state index in [2.05, 4.69) is 14.9 Å². The molecule has 0 saturated carbocycles. The van der Waals surface area contributed by atoms with E-state index < -0.39 is 0 Å². The lowest BCUT2D eigenvalue weighted by atomic mass is 9.98. The van der Waals surface area contributed by atoms with E-state index in [9.17, 15) is 4.79 Å². The topological polar surface area (TPSA) is 64.5 Å². The van der Waals surface area contributed by atoms with E-state index in [1.165, 1.54) is 6.33 Å². The van der Waals surface area contributed by atoms with Gasteiger partial charge in [-0.05, 0) is 26.7 Å². The highest BCUT2D eigenvalue weighted by Gasteiger charge is 2.28. The minimum atomic E-state index is -0.115. The monoisotopic (exact) mass is 279 g/mol. The Labute approximate surface area is 119 Å². The molecule has 0 spiro atoms. The first-order valence-corrected chi connectivity index (χ1v) is 6.94. The number of rotatable bonds is 4. The fraction of sp³-hybridized carbons (Fsp3) is 0.643. The van der Waals surface area contributed by atoms with Gasteiger partial charge in [-0.25, -0.2) is 9.97 Å². The molecule has 1 fully saturated rings. The summed E-state index contributed by atoms with van der Waals surface area (Å²) in [6, 6.07) is 0. The summed E-state index contributed by atoms with van der Waals surface area (Å²) in [4.78, 5) is 22.4. The largest absolute Gasteiger partial charge is 0.481 e. The molecule has 0 bridgehead atoms. The number of carbonyl (C=O) groups is 1. The Kier molecular flexibility index (Phi) is 4.76. The molecule has 0 aromatic carbocycles. The van der Waals surface area contributed by atoms with E-state index in [4.69, 9.17) is 9.47 Å². The van der Waals surface area contributed by atoms with E-state index in [0.29, 0.717) is 19.0 Å². The SMILES string of the molecule is CCOC(=O)C1CCCN(c2ncnc(OC)c2C)C1. The van der Waals surface area contributed by atoms with Gasteiger partial charge >= 0.3 is 5.97 Å². The fourth-order valence-corrected chi connectivity index (χ4v) is 2.57. The van der Waals surface area contributed by atoms with Gasteiger partial charge < -0.3 is 14.4 Å². The Morgan fingerprint density at radius 1 is 1.50 bits per heavy atom. The lowest BCUT2D eigenvalue weighted by Crippen LogP contribution is -2.40. The summed E-state index contributed by atoms with van der Waals surface area (Å²) >= 11 is 0. The standard InChI is InChI=1S/C14H21N3O3/c1-4-20-14(18)11-6-5-7-17(8-11)12-10(2)13(19-3)16-9-15-12/h9,11H,4-8H2,1-3H3. The summed E-state index contributed by atoms with van der Waals surface area (Å²) in [7, 11) is 1.59. The van der Waals surface area contributed by atoms with Crippen LogP contribution in [0.5, 0.6) is 5.88 Å². The Hall–Kier alpha value is -1.85. The van der Waals surface area contributed by atoms with Gasteiger partial charge in [0.1, 0.15) is 12.1 Å². The van der Waals surface area contributed by atoms with Gasteiger partial charge in [-0.15, -0.1) is 0 Å². The maximum atomic E-state index is 11.9. The van der Waals surface area contributed by atoms with Crippen molar-refractivity contribution in [1.29, 1.82) is 0 Å². The molecule has 1 aromatic heterocycles. The molecular formula is C14H21N3O3. The number of carbonyl (C=O) groups excluding carboxylic acids is 1. The number of methoxy groups -OCH3 is 1. The number of ether oxygens (including phenoxy) is 2. The van der Waals surface area contributed by atoms with Crippen molar-refractivity contribution in [1.82, 2.24) is 9.97 Å². The third-order valence-electron chi connectivity index (χ3n) is 3.55. The lowest BCUT2D eigenvalue weighted by Gasteiger charge is -2.33. The van der Waals surface area contributed by atoms with Crippen molar-refractivity contribution in [3.63, 3.8) is 0 Å². The molecule has 1 aliphatic heterocycles. The van der Waals surface area contributed by atoms with Crippen molar-refractivity contribution in [2.45, 2.75) is 26.7 Å². The number of hydrogen-bond donors (Lipinski definition) is 0. The number of aromatic nitrogens is 2. The smallest absolute Gasteiger partial charge is 0.310 e. The van der Waals surface area contributed by atoms with Crippen LogP contribution >= 0.6 is 0 Å². The molecule has 0 radical (unpaired) electrons. The Morgan fingerprint density at radius 3 is 3.00 bits per heavy atom. The molecule has 2 rings (SSSR count). The maximum Gasteiger partial charge on any atom is 0.310 e. The molecule has 1 aromatic rings. The molecule has 110 valence electrons. The highest BCUT2D eigenvalue weighted by Crippen LogP contribution is 2.28. The zero-order valence-electron chi connectivity index (χ0n) is 12.3. The zero-order chi connectivity index (χ0) is 14.5. The summed E-state index contributed by atoms with van der Waals surface area (Å²) in [5.74, 6) is 1.22. The number of piperidine rings is 1. The summed E-state index contributed by atoms with van der Waals surface area (Å²) in [6.45, 7) is 5.71. The van der Waals surface area contributed by atoms with Crippen LogP contribution in [-0.4, -0.2) is 42.7 Å². The van der Waals surface area contributed by atoms with Crippen LogP contribution in [0.3, 0.4) is 0 Å². The van der Waals surface area contributed by atoms with Crippen LogP contribution in [-0.2, 0) is 9.53 Å². The highest BCUT2D eigenvalue weighted by atomic mass is 16.5. The second-order valence-corrected chi connectivity index (χ2v) is 4.87. The van der Waals surface area contributed by atoms with E-state index >= 15 is 0 Å². The van der Waals surface area contributed by atoms with Crippen molar-refractivity contribution in [2.75, 3.05) is 31.7 Å². The molecule has 0 aliphatic carbocycles. The lowest BCUT2D eigenvalue weighted by molar-refractivity contribution is -0.148. The molecule has 6 heteroatoms. The Balaban J connectivity index is 2.15. The number of esters is 1. The minimum absolute atomic E-state index is 0.0796. The van der Waals surface area contributed by atoms with Crippen molar-refractivity contribution in [3.8, 4) is 5.88 Å². The molecule has 0 N–H and O–H groups in total. The predicted molar refractivity (Wildman–Crippen MR) is 74.9 cm³/mol. The molecule has 0 amide bonds. The molecule has 6 nitrogen and oxygen atoms in total. The predicted octanol–water partition coefficient (Wildman–Crippen LogP) is 1.57. The first-order valence-electron chi connectivity index (χ1n) is 6.94. The average Bonchev–Trinajstić information content (AvgIpc) is 2.48. The Bertz CT molecular complexity index is 479. The van der Waals surface area contributed by atoms with Crippen LogP contribution in [0.1, 0.15) is 25.3 Å². The second-order valence-electron chi connectivity index (χ2n) is 4.87. The van der Waals surface area contributed by atoms with Crippen LogP contribution in [0.15, 0.2) is 6.33 Å². The highest BCUT2D eigenvalue weighted by molar-refractivity contribution is 5.73.